The Morgan fingerprint density at radius 3 is 2.67 bits per heavy atom. The lowest BCUT2D eigenvalue weighted by atomic mass is 10.2. The van der Waals surface area contributed by atoms with E-state index in [-0.39, 0.29) is 0 Å². The van der Waals surface area contributed by atoms with Gasteiger partial charge in [0.1, 0.15) is 0 Å². The van der Waals surface area contributed by atoms with Crippen LogP contribution >= 0.6 is 50.1 Å². The molecule has 1 N–H and O–H groups in total. The standard InChI is InChI=1S/C13H7BrClIN2/c14-9-3-8(7-17)4-11(5-9)18-13-2-1-10(15)6-12(13)16/h1-6,18H. The molecule has 0 fully saturated rings. The van der Waals surface area contributed by atoms with E-state index in [1.807, 2.05) is 24.3 Å². The zero-order valence-corrected chi connectivity index (χ0v) is 13.5. The SMILES string of the molecule is N#Cc1cc(Br)cc(Nc2ccc(Cl)cc2I)c1. The van der Waals surface area contributed by atoms with Crippen molar-refractivity contribution in [1.29, 1.82) is 5.26 Å². The fraction of sp³-hybridized carbons (Fsp3) is 0. The van der Waals surface area contributed by atoms with Crippen molar-refractivity contribution in [1.82, 2.24) is 0 Å². The van der Waals surface area contributed by atoms with Gasteiger partial charge in [0.25, 0.3) is 0 Å². The largest absolute Gasteiger partial charge is 0.355 e. The van der Waals surface area contributed by atoms with Gasteiger partial charge in [-0.25, -0.2) is 0 Å². The van der Waals surface area contributed by atoms with Gasteiger partial charge >= 0.3 is 0 Å². The highest BCUT2D eigenvalue weighted by molar-refractivity contribution is 14.1. The Bertz CT molecular complexity index is 637. The first kappa shape index (κ1) is 13.7. The van der Waals surface area contributed by atoms with Crippen molar-refractivity contribution in [2.75, 3.05) is 5.32 Å². The summed E-state index contributed by atoms with van der Waals surface area (Å²) in [5, 5.41) is 12.9. The third-order valence-corrected chi connectivity index (χ3v) is 3.82. The van der Waals surface area contributed by atoms with Gasteiger partial charge < -0.3 is 5.32 Å². The van der Waals surface area contributed by atoms with Crippen LogP contribution in [0.15, 0.2) is 40.9 Å². The second-order valence-electron chi connectivity index (χ2n) is 3.59. The first-order chi connectivity index (χ1) is 8.58. The zero-order valence-electron chi connectivity index (χ0n) is 9.05. The summed E-state index contributed by atoms with van der Waals surface area (Å²) in [5.41, 5.74) is 2.43. The molecule has 0 heterocycles. The normalized spacial score (nSPS) is 9.89. The Balaban J connectivity index is 2.34. The van der Waals surface area contributed by atoms with E-state index in [9.17, 15) is 0 Å². The maximum atomic E-state index is 8.93. The van der Waals surface area contributed by atoms with Gasteiger partial charge in [-0.05, 0) is 59.0 Å². The number of nitrogens with zero attached hydrogens (tertiary/aromatic N) is 1. The summed E-state index contributed by atoms with van der Waals surface area (Å²) >= 11 is 11.5. The molecule has 5 heteroatoms. The molecular weight excluding hydrogens is 426 g/mol. The predicted octanol–water partition coefficient (Wildman–Crippen LogP) is 5.32. The number of rotatable bonds is 2. The molecule has 0 aliphatic rings. The Hall–Kier alpha value is -0.770. The van der Waals surface area contributed by atoms with Crippen molar-refractivity contribution >= 4 is 61.5 Å². The summed E-state index contributed by atoms with van der Waals surface area (Å²) in [6.45, 7) is 0. The van der Waals surface area contributed by atoms with Crippen LogP contribution < -0.4 is 5.32 Å². The monoisotopic (exact) mass is 432 g/mol. The van der Waals surface area contributed by atoms with Gasteiger partial charge in [-0.1, -0.05) is 27.5 Å². The van der Waals surface area contributed by atoms with Crippen molar-refractivity contribution in [3.63, 3.8) is 0 Å². The van der Waals surface area contributed by atoms with Gasteiger partial charge in [-0.15, -0.1) is 0 Å². The first-order valence-corrected chi connectivity index (χ1v) is 7.26. The molecule has 2 rings (SSSR count). The predicted molar refractivity (Wildman–Crippen MR) is 86.3 cm³/mol. The molecule has 0 unspecified atom stereocenters. The van der Waals surface area contributed by atoms with E-state index in [0.29, 0.717) is 10.6 Å². The van der Waals surface area contributed by atoms with E-state index in [2.05, 4.69) is 49.9 Å². The maximum absolute atomic E-state index is 8.93. The van der Waals surface area contributed by atoms with Crippen LogP contribution in [0.2, 0.25) is 5.02 Å². The van der Waals surface area contributed by atoms with E-state index in [1.165, 1.54) is 0 Å². The molecule has 90 valence electrons. The van der Waals surface area contributed by atoms with Crippen LogP contribution in [-0.4, -0.2) is 0 Å². The molecule has 0 atom stereocenters. The molecule has 0 saturated carbocycles. The van der Waals surface area contributed by atoms with Gasteiger partial charge in [-0.3, -0.25) is 0 Å². The van der Waals surface area contributed by atoms with Gasteiger partial charge in [-0.2, -0.15) is 5.26 Å². The molecule has 18 heavy (non-hydrogen) atoms. The highest BCUT2D eigenvalue weighted by Gasteiger charge is 2.03. The number of anilines is 2. The van der Waals surface area contributed by atoms with E-state index in [1.54, 1.807) is 12.1 Å². The lowest BCUT2D eigenvalue weighted by molar-refractivity contribution is 1.45. The topological polar surface area (TPSA) is 35.8 Å². The Morgan fingerprint density at radius 2 is 2.00 bits per heavy atom. The number of benzene rings is 2. The average molecular weight is 433 g/mol. The van der Waals surface area contributed by atoms with E-state index < -0.39 is 0 Å². The molecule has 2 aromatic carbocycles. The molecule has 0 aliphatic carbocycles. The summed E-state index contributed by atoms with van der Waals surface area (Å²) in [4.78, 5) is 0. The summed E-state index contributed by atoms with van der Waals surface area (Å²) in [5.74, 6) is 0. The summed E-state index contributed by atoms with van der Waals surface area (Å²) in [6.07, 6.45) is 0. The molecule has 2 aromatic rings. The highest BCUT2D eigenvalue weighted by Crippen LogP contribution is 2.27. The quantitative estimate of drug-likeness (QED) is 0.651. The lowest BCUT2D eigenvalue weighted by Gasteiger charge is -2.09. The number of halogens is 3. The van der Waals surface area contributed by atoms with E-state index in [4.69, 9.17) is 16.9 Å². The molecule has 0 aromatic heterocycles. The molecule has 0 radical (unpaired) electrons. The van der Waals surface area contributed by atoms with Crippen molar-refractivity contribution in [3.05, 3.63) is 55.0 Å². The molecule has 0 amide bonds. The van der Waals surface area contributed by atoms with Gasteiger partial charge in [0.2, 0.25) is 0 Å². The van der Waals surface area contributed by atoms with Crippen LogP contribution in [-0.2, 0) is 0 Å². The third-order valence-electron chi connectivity index (χ3n) is 2.24. The van der Waals surface area contributed by atoms with E-state index >= 15 is 0 Å². The number of hydrogen-bond donors (Lipinski definition) is 1. The highest BCUT2D eigenvalue weighted by atomic mass is 127. The Morgan fingerprint density at radius 1 is 1.22 bits per heavy atom. The summed E-state index contributed by atoms with van der Waals surface area (Å²) in [6, 6.07) is 13.2. The van der Waals surface area contributed by atoms with Gasteiger partial charge in [0, 0.05) is 18.8 Å². The minimum Gasteiger partial charge on any atom is -0.355 e. The van der Waals surface area contributed by atoms with Crippen LogP contribution in [0.4, 0.5) is 11.4 Å². The first-order valence-electron chi connectivity index (χ1n) is 5.01. The molecule has 2 nitrogen and oxygen atoms in total. The average Bonchev–Trinajstić information content (AvgIpc) is 2.32. The van der Waals surface area contributed by atoms with Crippen LogP contribution in [0, 0.1) is 14.9 Å². The van der Waals surface area contributed by atoms with Crippen LogP contribution in [0.1, 0.15) is 5.56 Å². The summed E-state index contributed by atoms with van der Waals surface area (Å²) in [7, 11) is 0. The van der Waals surface area contributed by atoms with E-state index in [0.717, 1.165) is 19.4 Å². The fourth-order valence-electron chi connectivity index (χ4n) is 1.47. The smallest absolute Gasteiger partial charge is 0.0992 e. The molecule has 0 bridgehead atoms. The maximum Gasteiger partial charge on any atom is 0.0992 e. The molecule has 0 spiro atoms. The molecule has 0 saturated heterocycles. The van der Waals surface area contributed by atoms with Crippen LogP contribution in [0.5, 0.6) is 0 Å². The minimum absolute atomic E-state index is 0.607. The van der Waals surface area contributed by atoms with Gasteiger partial charge in [0.15, 0.2) is 0 Å². The van der Waals surface area contributed by atoms with Crippen LogP contribution in [0.25, 0.3) is 0 Å². The fourth-order valence-corrected chi connectivity index (χ4v) is 2.97. The Labute approximate surface area is 132 Å². The molecule has 0 aliphatic heterocycles. The lowest BCUT2D eigenvalue weighted by Crippen LogP contribution is -1.93. The zero-order chi connectivity index (χ0) is 13.1. The minimum atomic E-state index is 0.607. The number of hydrogen-bond acceptors (Lipinski definition) is 2. The van der Waals surface area contributed by atoms with Crippen molar-refractivity contribution < 1.29 is 0 Å². The van der Waals surface area contributed by atoms with Crippen molar-refractivity contribution in [3.8, 4) is 6.07 Å². The second kappa shape index (κ2) is 5.91. The van der Waals surface area contributed by atoms with Crippen molar-refractivity contribution in [2.45, 2.75) is 0 Å². The van der Waals surface area contributed by atoms with Crippen molar-refractivity contribution in [2.24, 2.45) is 0 Å². The second-order valence-corrected chi connectivity index (χ2v) is 6.10. The van der Waals surface area contributed by atoms with Crippen LogP contribution in [0.3, 0.4) is 0 Å². The number of nitrogens with one attached hydrogen (secondary N) is 1. The summed E-state index contributed by atoms with van der Waals surface area (Å²) < 4.78 is 1.90. The van der Waals surface area contributed by atoms with Gasteiger partial charge in [0.05, 0.1) is 17.3 Å². The number of nitriles is 1. The Kier molecular flexibility index (Phi) is 4.49. The third kappa shape index (κ3) is 3.37. The molecular formula is C13H7BrClIN2.